The van der Waals surface area contributed by atoms with Crippen molar-refractivity contribution in [3.05, 3.63) is 46.8 Å². The molecule has 0 amide bonds. The zero-order valence-electron chi connectivity index (χ0n) is 10.9. The third-order valence-corrected chi connectivity index (χ3v) is 3.33. The highest BCUT2D eigenvalue weighted by Gasteiger charge is 2.03. The van der Waals surface area contributed by atoms with Crippen molar-refractivity contribution in [1.29, 1.82) is 0 Å². The Morgan fingerprint density at radius 1 is 1.18 bits per heavy atom. The summed E-state index contributed by atoms with van der Waals surface area (Å²) in [4.78, 5) is 0. The van der Waals surface area contributed by atoms with Gasteiger partial charge in [0.25, 0.3) is 0 Å². The maximum Gasteiger partial charge on any atom is 0.0542 e. The second kappa shape index (κ2) is 4.62. The van der Waals surface area contributed by atoms with Crippen LogP contribution in [0.1, 0.15) is 22.4 Å². The minimum Gasteiger partial charge on any atom is -0.381 e. The van der Waals surface area contributed by atoms with Gasteiger partial charge in [0.1, 0.15) is 0 Å². The first-order valence-corrected chi connectivity index (χ1v) is 5.86. The summed E-state index contributed by atoms with van der Waals surface area (Å²) >= 11 is 0. The Kier molecular flexibility index (Phi) is 3.18. The van der Waals surface area contributed by atoms with Crippen molar-refractivity contribution in [2.45, 2.75) is 27.3 Å². The van der Waals surface area contributed by atoms with Gasteiger partial charge in [0.2, 0.25) is 0 Å². The van der Waals surface area contributed by atoms with E-state index < -0.39 is 0 Å². The lowest BCUT2D eigenvalue weighted by atomic mass is 10.1. The van der Waals surface area contributed by atoms with Crippen molar-refractivity contribution >= 4 is 5.69 Å². The number of nitrogens with one attached hydrogen (secondary N) is 1. The van der Waals surface area contributed by atoms with Crippen LogP contribution in [-0.4, -0.2) is 9.78 Å². The van der Waals surface area contributed by atoms with Gasteiger partial charge in [-0.25, -0.2) is 0 Å². The number of benzene rings is 1. The molecule has 17 heavy (non-hydrogen) atoms. The Labute approximate surface area is 102 Å². The van der Waals surface area contributed by atoms with Crippen molar-refractivity contribution < 1.29 is 0 Å². The van der Waals surface area contributed by atoms with Crippen molar-refractivity contribution in [3.63, 3.8) is 0 Å². The molecule has 0 unspecified atom stereocenters. The molecular weight excluding hydrogens is 210 g/mol. The molecule has 2 aromatic rings. The van der Waals surface area contributed by atoms with E-state index in [1.54, 1.807) is 0 Å². The number of anilines is 1. The third-order valence-electron chi connectivity index (χ3n) is 3.33. The van der Waals surface area contributed by atoms with E-state index in [0.29, 0.717) is 0 Å². The molecule has 1 N–H and O–H groups in total. The van der Waals surface area contributed by atoms with E-state index in [0.717, 1.165) is 12.2 Å². The summed E-state index contributed by atoms with van der Waals surface area (Å²) in [6.45, 7) is 7.17. The van der Waals surface area contributed by atoms with Gasteiger partial charge < -0.3 is 5.32 Å². The van der Waals surface area contributed by atoms with Crippen LogP contribution < -0.4 is 5.32 Å². The van der Waals surface area contributed by atoms with Gasteiger partial charge >= 0.3 is 0 Å². The fraction of sp³-hybridized carbons (Fsp3) is 0.357. The number of hydrogen-bond donors (Lipinski definition) is 1. The third kappa shape index (κ3) is 2.49. The molecular formula is C14H19N3. The minimum atomic E-state index is 0.822. The summed E-state index contributed by atoms with van der Waals surface area (Å²) in [5.41, 5.74) is 6.26. The van der Waals surface area contributed by atoms with E-state index in [-0.39, 0.29) is 0 Å². The van der Waals surface area contributed by atoms with Crippen LogP contribution in [0.15, 0.2) is 24.4 Å². The van der Waals surface area contributed by atoms with Gasteiger partial charge in [-0.05, 0) is 44.0 Å². The highest BCUT2D eigenvalue weighted by Crippen LogP contribution is 2.15. The molecule has 0 saturated heterocycles. The Morgan fingerprint density at radius 3 is 2.53 bits per heavy atom. The van der Waals surface area contributed by atoms with Gasteiger partial charge in [-0.15, -0.1) is 0 Å². The zero-order valence-corrected chi connectivity index (χ0v) is 10.9. The van der Waals surface area contributed by atoms with E-state index in [1.807, 2.05) is 17.9 Å². The molecule has 3 nitrogen and oxygen atoms in total. The molecule has 0 fully saturated rings. The standard InChI is InChI=1S/C14H19N3/c1-10-5-6-14(7-11(10)2)15-8-13-9-16-17(4)12(13)3/h5-7,9,15H,8H2,1-4H3. The first-order valence-electron chi connectivity index (χ1n) is 5.86. The predicted molar refractivity (Wildman–Crippen MR) is 71.2 cm³/mol. The summed E-state index contributed by atoms with van der Waals surface area (Å²) < 4.78 is 1.90. The molecule has 3 heteroatoms. The maximum atomic E-state index is 4.24. The fourth-order valence-corrected chi connectivity index (χ4v) is 1.77. The molecule has 0 saturated carbocycles. The summed E-state index contributed by atoms with van der Waals surface area (Å²) in [6, 6.07) is 6.45. The van der Waals surface area contributed by atoms with Gasteiger partial charge in [0.05, 0.1) is 6.20 Å². The van der Waals surface area contributed by atoms with Crippen LogP contribution in [0.5, 0.6) is 0 Å². The molecule has 0 aliphatic rings. The van der Waals surface area contributed by atoms with Crippen LogP contribution in [0.4, 0.5) is 5.69 Å². The molecule has 0 radical (unpaired) electrons. The second-order valence-electron chi connectivity index (χ2n) is 4.53. The SMILES string of the molecule is Cc1ccc(NCc2cnn(C)c2C)cc1C. The van der Waals surface area contributed by atoms with Crippen molar-refractivity contribution in [3.8, 4) is 0 Å². The highest BCUT2D eigenvalue weighted by molar-refractivity contribution is 5.48. The van der Waals surface area contributed by atoms with Crippen LogP contribution in [0.25, 0.3) is 0 Å². The average molecular weight is 229 g/mol. The molecule has 0 aliphatic heterocycles. The van der Waals surface area contributed by atoms with E-state index in [4.69, 9.17) is 0 Å². The van der Waals surface area contributed by atoms with Gasteiger partial charge in [0, 0.05) is 30.5 Å². The second-order valence-corrected chi connectivity index (χ2v) is 4.53. The Balaban J connectivity index is 2.07. The highest BCUT2D eigenvalue weighted by atomic mass is 15.3. The van der Waals surface area contributed by atoms with E-state index in [2.05, 4.69) is 49.4 Å². The van der Waals surface area contributed by atoms with Gasteiger partial charge in [-0.3, -0.25) is 4.68 Å². The quantitative estimate of drug-likeness (QED) is 0.877. The van der Waals surface area contributed by atoms with E-state index in [9.17, 15) is 0 Å². The molecule has 0 atom stereocenters. The molecule has 0 spiro atoms. The lowest BCUT2D eigenvalue weighted by Gasteiger charge is -2.08. The van der Waals surface area contributed by atoms with Crippen molar-refractivity contribution in [2.75, 3.05) is 5.32 Å². The maximum absolute atomic E-state index is 4.24. The van der Waals surface area contributed by atoms with E-state index >= 15 is 0 Å². The molecule has 0 bridgehead atoms. The first-order chi connectivity index (χ1) is 8.08. The number of hydrogen-bond acceptors (Lipinski definition) is 2. The van der Waals surface area contributed by atoms with Gasteiger partial charge in [-0.1, -0.05) is 6.07 Å². The number of rotatable bonds is 3. The van der Waals surface area contributed by atoms with Crippen LogP contribution in [-0.2, 0) is 13.6 Å². The summed E-state index contributed by atoms with van der Waals surface area (Å²) in [5, 5.41) is 7.67. The number of aromatic nitrogens is 2. The summed E-state index contributed by atoms with van der Waals surface area (Å²) in [6.07, 6.45) is 1.92. The lowest BCUT2D eigenvalue weighted by Crippen LogP contribution is -2.01. The van der Waals surface area contributed by atoms with Crippen molar-refractivity contribution in [2.24, 2.45) is 7.05 Å². The first kappa shape index (κ1) is 11.7. The molecule has 0 aliphatic carbocycles. The Morgan fingerprint density at radius 2 is 1.94 bits per heavy atom. The normalized spacial score (nSPS) is 10.6. The lowest BCUT2D eigenvalue weighted by molar-refractivity contribution is 0.738. The van der Waals surface area contributed by atoms with Gasteiger partial charge in [-0.2, -0.15) is 5.10 Å². The van der Waals surface area contributed by atoms with Crippen LogP contribution in [0.3, 0.4) is 0 Å². The van der Waals surface area contributed by atoms with E-state index in [1.165, 1.54) is 22.4 Å². The predicted octanol–water partition coefficient (Wildman–Crippen LogP) is 2.96. The minimum absolute atomic E-state index is 0.822. The Bertz CT molecular complexity index is 526. The average Bonchev–Trinajstić information content (AvgIpc) is 2.62. The zero-order chi connectivity index (χ0) is 12.4. The molecule has 1 heterocycles. The smallest absolute Gasteiger partial charge is 0.0542 e. The van der Waals surface area contributed by atoms with Crippen LogP contribution in [0, 0.1) is 20.8 Å². The summed E-state index contributed by atoms with van der Waals surface area (Å²) in [5.74, 6) is 0. The largest absolute Gasteiger partial charge is 0.381 e. The van der Waals surface area contributed by atoms with Crippen LogP contribution >= 0.6 is 0 Å². The molecule has 2 rings (SSSR count). The van der Waals surface area contributed by atoms with Crippen molar-refractivity contribution in [1.82, 2.24) is 9.78 Å². The molecule has 1 aromatic heterocycles. The molecule has 90 valence electrons. The van der Waals surface area contributed by atoms with Crippen LogP contribution in [0.2, 0.25) is 0 Å². The number of aryl methyl sites for hydroxylation is 3. The Hall–Kier alpha value is -1.77. The number of nitrogens with zero attached hydrogens (tertiary/aromatic N) is 2. The summed E-state index contributed by atoms with van der Waals surface area (Å²) in [7, 11) is 1.97. The fourth-order valence-electron chi connectivity index (χ4n) is 1.77. The van der Waals surface area contributed by atoms with Gasteiger partial charge in [0.15, 0.2) is 0 Å². The molecule has 1 aromatic carbocycles. The monoisotopic (exact) mass is 229 g/mol. The topological polar surface area (TPSA) is 29.9 Å².